The maximum atomic E-state index is 10.5. The molecule has 2 rings (SSSR count). The Balaban J connectivity index is 0.000000437. The number of halogens is 1. The average molecular weight is 511 g/mol. The van der Waals surface area contributed by atoms with Crippen LogP contribution in [0.25, 0.3) is 0 Å². The van der Waals surface area contributed by atoms with Crippen molar-refractivity contribution in [1.82, 2.24) is 0 Å². The van der Waals surface area contributed by atoms with Crippen LogP contribution in [-0.2, 0) is 16.5 Å². The number of benzene rings is 2. The molecule has 0 atom stereocenters. The molecule has 1 N–H and O–H groups in total. The Bertz CT molecular complexity index is 892. The second-order valence-electron chi connectivity index (χ2n) is 9.21. The first-order valence-corrected chi connectivity index (χ1v) is 14.6. The molecule has 0 unspecified atom stereocenters. The number of hydrogen-bond donors (Lipinski definition) is 1. The Labute approximate surface area is 213 Å². The van der Waals surface area contributed by atoms with E-state index in [9.17, 15) is 8.42 Å². The van der Waals surface area contributed by atoms with Crippen LogP contribution < -0.4 is 0 Å². The fourth-order valence-corrected chi connectivity index (χ4v) is 4.76. The molecular weight excluding hydrogens is 466 g/mol. The number of unbranched alkanes of at least 4 members (excludes halogenated alkanes) is 5. The quantitative estimate of drug-likeness (QED) is 0.161. The molecule has 0 aliphatic carbocycles. The summed E-state index contributed by atoms with van der Waals surface area (Å²) < 4.78 is 30.9. The highest BCUT2D eigenvalue weighted by Gasteiger charge is 2.21. The van der Waals surface area contributed by atoms with Crippen molar-refractivity contribution in [3.63, 3.8) is 0 Å². The van der Waals surface area contributed by atoms with Gasteiger partial charge in [-0.2, -0.15) is 8.42 Å². The summed E-state index contributed by atoms with van der Waals surface area (Å²) in [5, 5.41) is 0.837. The molecule has 0 saturated carbocycles. The third kappa shape index (κ3) is 12.3. The Hall–Kier alpha value is -1.40. The van der Waals surface area contributed by atoms with E-state index >= 15 is 0 Å². The number of quaternary nitrogens is 1. The van der Waals surface area contributed by atoms with Crippen molar-refractivity contribution >= 4 is 21.7 Å². The first kappa shape index (κ1) is 30.6. The van der Waals surface area contributed by atoms with Crippen LogP contribution in [0.2, 0.25) is 5.02 Å². The predicted octanol–water partition coefficient (Wildman–Crippen LogP) is 7.73. The smallest absolute Gasteiger partial charge is 0.294 e. The van der Waals surface area contributed by atoms with Crippen molar-refractivity contribution in [1.29, 1.82) is 0 Å². The van der Waals surface area contributed by atoms with E-state index in [1.807, 2.05) is 19.1 Å². The molecule has 0 bridgehead atoms. The van der Waals surface area contributed by atoms with E-state index in [-0.39, 0.29) is 4.90 Å². The summed E-state index contributed by atoms with van der Waals surface area (Å²) in [6.45, 7) is 14.2. The summed E-state index contributed by atoms with van der Waals surface area (Å²) in [5.41, 5.74) is 2.37. The molecule has 2 aromatic rings. The Kier molecular flexibility index (Phi) is 14.7. The number of nitrogens with zero attached hydrogens (tertiary/aromatic N) is 1. The van der Waals surface area contributed by atoms with E-state index in [1.54, 1.807) is 12.1 Å². The summed E-state index contributed by atoms with van der Waals surface area (Å²) in [6, 6.07) is 14.3. The van der Waals surface area contributed by atoms with Crippen LogP contribution in [0.1, 0.15) is 76.8 Å². The SMILES string of the molecule is CCCCCCC[N+](CC)(CC)CCCCc1ccc(Cl)cc1.Cc1ccc(S(=O)(=O)O)cc1. The lowest BCUT2D eigenvalue weighted by molar-refractivity contribution is -0.925. The topological polar surface area (TPSA) is 54.4 Å². The molecule has 0 aromatic heterocycles. The van der Waals surface area contributed by atoms with Crippen LogP contribution in [0.4, 0.5) is 0 Å². The average Bonchev–Trinajstić information content (AvgIpc) is 2.82. The predicted molar refractivity (Wildman–Crippen MR) is 145 cm³/mol. The number of aryl methyl sites for hydroxylation is 2. The van der Waals surface area contributed by atoms with Crippen LogP contribution in [0.3, 0.4) is 0 Å². The van der Waals surface area contributed by atoms with E-state index in [4.69, 9.17) is 16.2 Å². The molecule has 0 fully saturated rings. The summed E-state index contributed by atoms with van der Waals surface area (Å²) >= 11 is 5.95. The van der Waals surface area contributed by atoms with Crippen molar-refractivity contribution in [3.8, 4) is 0 Å². The first-order valence-electron chi connectivity index (χ1n) is 12.8. The van der Waals surface area contributed by atoms with E-state index in [0.29, 0.717) is 0 Å². The highest BCUT2D eigenvalue weighted by atomic mass is 35.5. The molecule has 192 valence electrons. The highest BCUT2D eigenvalue weighted by Crippen LogP contribution is 2.16. The molecule has 0 spiro atoms. The molecule has 4 nitrogen and oxygen atoms in total. The van der Waals surface area contributed by atoms with Gasteiger partial charge in [-0.25, -0.2) is 0 Å². The lowest BCUT2D eigenvalue weighted by Crippen LogP contribution is -2.49. The zero-order chi connectivity index (χ0) is 25.5. The minimum absolute atomic E-state index is 0.0666. The molecular formula is C28H45ClNO3S+. The second-order valence-corrected chi connectivity index (χ2v) is 11.1. The monoisotopic (exact) mass is 510 g/mol. The van der Waals surface area contributed by atoms with E-state index in [2.05, 4.69) is 32.9 Å². The number of hydrogen-bond acceptors (Lipinski definition) is 2. The van der Waals surface area contributed by atoms with Gasteiger partial charge in [0.05, 0.1) is 31.1 Å². The Morgan fingerprint density at radius 3 is 1.79 bits per heavy atom. The minimum Gasteiger partial charge on any atom is -0.324 e. The Morgan fingerprint density at radius 2 is 1.29 bits per heavy atom. The summed E-state index contributed by atoms with van der Waals surface area (Å²) in [5.74, 6) is 0. The van der Waals surface area contributed by atoms with E-state index in [1.165, 1.54) is 99.7 Å². The molecule has 0 heterocycles. The number of rotatable bonds is 14. The molecule has 0 aliphatic heterocycles. The van der Waals surface area contributed by atoms with Crippen LogP contribution in [0.15, 0.2) is 53.4 Å². The standard InChI is InChI=1S/C21H37ClN.C7H8O3S/c1-4-7-8-9-11-18-23(5-2,6-3)19-12-10-13-20-14-16-21(22)17-15-20;1-6-2-4-7(5-3-6)11(8,9)10/h14-17H,4-13,18-19H2,1-3H3;2-5H,1H3,(H,8,9,10)/q+1;. The molecule has 0 radical (unpaired) electrons. The van der Waals surface area contributed by atoms with Crippen molar-refractivity contribution in [2.45, 2.75) is 84.0 Å². The molecule has 0 aliphatic rings. The fourth-order valence-electron chi connectivity index (χ4n) is 4.16. The largest absolute Gasteiger partial charge is 0.324 e. The van der Waals surface area contributed by atoms with Gasteiger partial charge in [-0.1, -0.05) is 67.6 Å². The normalized spacial score (nSPS) is 11.7. The molecule has 0 amide bonds. The Morgan fingerprint density at radius 1 is 0.765 bits per heavy atom. The van der Waals surface area contributed by atoms with Gasteiger partial charge >= 0.3 is 0 Å². The van der Waals surface area contributed by atoms with E-state index < -0.39 is 10.1 Å². The maximum absolute atomic E-state index is 10.5. The van der Waals surface area contributed by atoms with Gasteiger partial charge in [0.25, 0.3) is 10.1 Å². The molecule has 2 aromatic carbocycles. The van der Waals surface area contributed by atoms with Gasteiger partial charge in [0.15, 0.2) is 0 Å². The second kappa shape index (κ2) is 16.3. The third-order valence-corrected chi connectivity index (χ3v) is 7.78. The lowest BCUT2D eigenvalue weighted by atomic mass is 10.1. The van der Waals surface area contributed by atoms with Gasteiger partial charge in [0.1, 0.15) is 0 Å². The third-order valence-electron chi connectivity index (χ3n) is 6.66. The van der Waals surface area contributed by atoms with Crippen molar-refractivity contribution < 1.29 is 17.5 Å². The van der Waals surface area contributed by atoms with Crippen LogP contribution in [0.5, 0.6) is 0 Å². The van der Waals surface area contributed by atoms with E-state index in [0.717, 1.165) is 10.6 Å². The first-order chi connectivity index (χ1) is 16.2. The highest BCUT2D eigenvalue weighted by molar-refractivity contribution is 7.85. The van der Waals surface area contributed by atoms with Crippen LogP contribution in [0, 0.1) is 6.92 Å². The summed E-state index contributed by atoms with van der Waals surface area (Å²) in [6.07, 6.45) is 10.8. The molecule has 0 saturated heterocycles. The maximum Gasteiger partial charge on any atom is 0.294 e. The zero-order valence-electron chi connectivity index (χ0n) is 21.6. The van der Waals surface area contributed by atoms with Crippen LogP contribution in [-0.4, -0.2) is 43.6 Å². The molecule has 6 heteroatoms. The van der Waals surface area contributed by atoms with Gasteiger partial charge in [-0.05, 0) is 82.7 Å². The zero-order valence-corrected chi connectivity index (χ0v) is 23.2. The summed E-state index contributed by atoms with van der Waals surface area (Å²) in [7, 11) is -4.02. The van der Waals surface area contributed by atoms with Crippen molar-refractivity contribution in [2.75, 3.05) is 26.2 Å². The lowest BCUT2D eigenvalue weighted by Gasteiger charge is -2.37. The van der Waals surface area contributed by atoms with Crippen LogP contribution >= 0.6 is 11.6 Å². The van der Waals surface area contributed by atoms with Crippen molar-refractivity contribution in [2.24, 2.45) is 0 Å². The van der Waals surface area contributed by atoms with Gasteiger partial charge in [-0.3, -0.25) is 4.55 Å². The van der Waals surface area contributed by atoms with Gasteiger partial charge in [-0.15, -0.1) is 0 Å². The van der Waals surface area contributed by atoms with Gasteiger partial charge in [0.2, 0.25) is 0 Å². The summed E-state index contributed by atoms with van der Waals surface area (Å²) in [4.78, 5) is -0.0666. The minimum atomic E-state index is -4.02. The van der Waals surface area contributed by atoms with Gasteiger partial charge in [0, 0.05) is 5.02 Å². The van der Waals surface area contributed by atoms with Gasteiger partial charge < -0.3 is 4.48 Å². The fraction of sp³-hybridized carbons (Fsp3) is 0.571. The molecule has 34 heavy (non-hydrogen) atoms. The van der Waals surface area contributed by atoms with Crippen molar-refractivity contribution in [3.05, 3.63) is 64.7 Å².